The first-order chi connectivity index (χ1) is 15.5. The quantitative estimate of drug-likeness (QED) is 0.702. The van der Waals surface area contributed by atoms with Gasteiger partial charge in [0.05, 0.1) is 19.8 Å². The van der Waals surface area contributed by atoms with Crippen LogP contribution in [0.1, 0.15) is 24.0 Å². The standard InChI is InChI=1S/C25H28N2O5/c1-30-21-11-6-10-19-14-20(16-32-22(19)21)23(28)26-25(24(29)31-2)12-7-13-27(17-25)15-18-8-4-3-5-9-18/h3-6,8-11,14H,7,12-13,15-17H2,1-2H3,(H,26,28)/t25-/m1/s1. The van der Waals surface area contributed by atoms with Crippen molar-refractivity contribution in [3.63, 3.8) is 0 Å². The first kappa shape index (κ1) is 21.9. The van der Waals surface area contributed by atoms with E-state index in [0.29, 0.717) is 36.6 Å². The van der Waals surface area contributed by atoms with E-state index >= 15 is 0 Å². The molecule has 1 atom stereocenters. The summed E-state index contributed by atoms with van der Waals surface area (Å²) >= 11 is 0. The number of benzene rings is 2. The molecule has 168 valence electrons. The summed E-state index contributed by atoms with van der Waals surface area (Å²) < 4.78 is 16.3. The number of esters is 1. The summed E-state index contributed by atoms with van der Waals surface area (Å²) in [6.07, 6.45) is 3.08. The molecule has 0 aliphatic carbocycles. The van der Waals surface area contributed by atoms with Crippen molar-refractivity contribution in [1.82, 2.24) is 10.2 Å². The third-order valence-electron chi connectivity index (χ3n) is 5.97. The average molecular weight is 437 g/mol. The van der Waals surface area contributed by atoms with E-state index in [0.717, 1.165) is 24.1 Å². The zero-order chi connectivity index (χ0) is 22.6. The van der Waals surface area contributed by atoms with Gasteiger partial charge >= 0.3 is 5.97 Å². The molecule has 32 heavy (non-hydrogen) atoms. The van der Waals surface area contributed by atoms with E-state index in [1.54, 1.807) is 13.2 Å². The van der Waals surface area contributed by atoms with E-state index < -0.39 is 11.5 Å². The van der Waals surface area contributed by atoms with Gasteiger partial charge in [-0.25, -0.2) is 4.79 Å². The Kier molecular flexibility index (Phi) is 6.46. The van der Waals surface area contributed by atoms with Crippen molar-refractivity contribution in [3.8, 4) is 11.5 Å². The second kappa shape index (κ2) is 9.44. The van der Waals surface area contributed by atoms with Gasteiger partial charge in [0.1, 0.15) is 6.61 Å². The Morgan fingerprint density at radius 2 is 1.94 bits per heavy atom. The maximum absolute atomic E-state index is 13.2. The van der Waals surface area contributed by atoms with E-state index in [1.165, 1.54) is 7.11 Å². The normalized spacial score (nSPS) is 20.4. The smallest absolute Gasteiger partial charge is 0.332 e. The minimum Gasteiger partial charge on any atom is -0.493 e. The highest BCUT2D eigenvalue weighted by molar-refractivity contribution is 6.02. The molecule has 0 radical (unpaired) electrons. The molecule has 2 aromatic rings. The van der Waals surface area contributed by atoms with Gasteiger partial charge in [0.2, 0.25) is 0 Å². The molecule has 7 heteroatoms. The van der Waals surface area contributed by atoms with Crippen LogP contribution in [0, 0.1) is 0 Å². The van der Waals surface area contributed by atoms with Crippen LogP contribution in [0.3, 0.4) is 0 Å². The number of carbonyl (C=O) groups is 2. The highest BCUT2D eigenvalue weighted by Crippen LogP contribution is 2.35. The number of para-hydroxylation sites is 1. The van der Waals surface area contributed by atoms with Crippen LogP contribution in [-0.4, -0.2) is 56.2 Å². The van der Waals surface area contributed by atoms with Crippen LogP contribution in [-0.2, 0) is 20.9 Å². The number of amides is 1. The van der Waals surface area contributed by atoms with Crippen molar-refractivity contribution < 1.29 is 23.8 Å². The Morgan fingerprint density at radius 3 is 2.69 bits per heavy atom. The number of hydrogen-bond donors (Lipinski definition) is 1. The molecule has 1 saturated heterocycles. The Bertz CT molecular complexity index is 1020. The molecule has 0 aromatic heterocycles. The van der Waals surface area contributed by atoms with E-state index in [2.05, 4.69) is 22.3 Å². The lowest BCUT2D eigenvalue weighted by molar-refractivity contribution is -0.153. The summed E-state index contributed by atoms with van der Waals surface area (Å²) in [6.45, 7) is 2.04. The highest BCUT2D eigenvalue weighted by Gasteiger charge is 2.45. The minimum atomic E-state index is -1.10. The number of likely N-dealkylation sites (tertiary alicyclic amines) is 1. The second-order valence-corrected chi connectivity index (χ2v) is 8.16. The monoisotopic (exact) mass is 436 g/mol. The lowest BCUT2D eigenvalue weighted by atomic mass is 9.88. The van der Waals surface area contributed by atoms with Gasteiger partial charge in [0.15, 0.2) is 17.0 Å². The molecule has 2 aliphatic heterocycles. The third kappa shape index (κ3) is 4.48. The molecular formula is C25H28N2O5. The van der Waals surface area contributed by atoms with Crippen LogP contribution in [0.4, 0.5) is 0 Å². The number of hydrogen-bond acceptors (Lipinski definition) is 6. The van der Waals surface area contributed by atoms with Gasteiger partial charge in [-0.15, -0.1) is 0 Å². The van der Waals surface area contributed by atoms with E-state index in [9.17, 15) is 9.59 Å². The number of nitrogens with one attached hydrogen (secondary N) is 1. The molecule has 0 spiro atoms. The average Bonchev–Trinajstić information content (AvgIpc) is 2.83. The zero-order valence-electron chi connectivity index (χ0n) is 18.4. The molecule has 2 aromatic carbocycles. The summed E-state index contributed by atoms with van der Waals surface area (Å²) in [5, 5.41) is 2.99. The summed E-state index contributed by atoms with van der Waals surface area (Å²) in [5.74, 6) is 0.474. The number of nitrogens with zero attached hydrogens (tertiary/aromatic N) is 1. The van der Waals surface area contributed by atoms with Gasteiger partial charge in [-0.05, 0) is 37.1 Å². The topological polar surface area (TPSA) is 77.1 Å². The van der Waals surface area contributed by atoms with Crippen molar-refractivity contribution >= 4 is 18.0 Å². The van der Waals surface area contributed by atoms with Gasteiger partial charge in [-0.2, -0.15) is 0 Å². The number of carbonyl (C=O) groups excluding carboxylic acids is 2. The van der Waals surface area contributed by atoms with Gasteiger partial charge < -0.3 is 19.5 Å². The maximum Gasteiger partial charge on any atom is 0.332 e. The number of ether oxygens (including phenoxy) is 3. The lowest BCUT2D eigenvalue weighted by Gasteiger charge is -2.41. The fourth-order valence-electron chi connectivity index (χ4n) is 4.41. The number of piperidine rings is 1. The molecule has 0 unspecified atom stereocenters. The van der Waals surface area contributed by atoms with E-state index in [1.807, 2.05) is 36.4 Å². The highest BCUT2D eigenvalue weighted by atomic mass is 16.5. The van der Waals surface area contributed by atoms with E-state index in [4.69, 9.17) is 14.2 Å². The molecule has 1 N–H and O–H groups in total. The molecular weight excluding hydrogens is 408 g/mol. The summed E-state index contributed by atoms with van der Waals surface area (Å²) in [4.78, 5) is 28.2. The predicted octanol–water partition coefficient (Wildman–Crippen LogP) is 2.80. The van der Waals surface area contributed by atoms with Crippen molar-refractivity contribution in [2.45, 2.75) is 24.9 Å². The number of methoxy groups -OCH3 is 2. The fraction of sp³-hybridized carbons (Fsp3) is 0.360. The predicted molar refractivity (Wildman–Crippen MR) is 120 cm³/mol. The van der Waals surface area contributed by atoms with Gasteiger partial charge in [-0.3, -0.25) is 9.69 Å². The summed E-state index contributed by atoms with van der Waals surface area (Å²) in [7, 11) is 2.94. The molecule has 2 aliphatic rings. The first-order valence-corrected chi connectivity index (χ1v) is 10.7. The first-order valence-electron chi connectivity index (χ1n) is 10.7. The van der Waals surface area contributed by atoms with Crippen molar-refractivity contribution in [2.75, 3.05) is 33.9 Å². The van der Waals surface area contributed by atoms with Gasteiger partial charge in [0, 0.05) is 18.7 Å². The molecule has 7 nitrogen and oxygen atoms in total. The molecule has 4 rings (SSSR count). The number of rotatable bonds is 6. The minimum absolute atomic E-state index is 0.101. The van der Waals surface area contributed by atoms with Crippen molar-refractivity contribution in [3.05, 3.63) is 65.2 Å². The Labute approximate surface area is 188 Å². The molecule has 1 fully saturated rings. The van der Waals surface area contributed by atoms with Crippen LogP contribution in [0.25, 0.3) is 6.08 Å². The zero-order valence-corrected chi connectivity index (χ0v) is 18.4. The maximum atomic E-state index is 13.2. The third-order valence-corrected chi connectivity index (χ3v) is 5.97. The van der Waals surface area contributed by atoms with Crippen LogP contribution in [0.15, 0.2) is 54.1 Å². The second-order valence-electron chi connectivity index (χ2n) is 8.16. The Balaban J connectivity index is 1.54. The van der Waals surface area contributed by atoms with Crippen LogP contribution in [0.2, 0.25) is 0 Å². The molecule has 0 saturated carbocycles. The van der Waals surface area contributed by atoms with Crippen molar-refractivity contribution in [1.29, 1.82) is 0 Å². The van der Waals surface area contributed by atoms with Gasteiger partial charge in [-0.1, -0.05) is 42.5 Å². The van der Waals surface area contributed by atoms with Crippen LogP contribution >= 0.6 is 0 Å². The van der Waals surface area contributed by atoms with Crippen molar-refractivity contribution in [2.24, 2.45) is 0 Å². The fourth-order valence-corrected chi connectivity index (χ4v) is 4.41. The Morgan fingerprint density at radius 1 is 1.12 bits per heavy atom. The summed E-state index contributed by atoms with van der Waals surface area (Å²) in [5.41, 5.74) is 1.28. The molecule has 0 bridgehead atoms. The Hall–Kier alpha value is -3.32. The lowest BCUT2D eigenvalue weighted by Crippen LogP contribution is -2.63. The van der Waals surface area contributed by atoms with Crippen LogP contribution < -0.4 is 14.8 Å². The molecule has 2 heterocycles. The number of fused-ring (bicyclic) bond motifs is 1. The molecule has 1 amide bonds. The largest absolute Gasteiger partial charge is 0.493 e. The van der Waals surface area contributed by atoms with Crippen LogP contribution in [0.5, 0.6) is 11.5 Å². The summed E-state index contributed by atoms with van der Waals surface area (Å²) in [6, 6.07) is 15.6. The SMILES string of the molecule is COC(=O)[C@@]1(NC(=O)C2=Cc3cccc(OC)c3OC2)CCCN(Cc2ccccc2)C1. The van der Waals surface area contributed by atoms with E-state index in [-0.39, 0.29) is 12.5 Å². The van der Waals surface area contributed by atoms with Gasteiger partial charge in [0.25, 0.3) is 5.91 Å².